The van der Waals surface area contributed by atoms with E-state index in [4.69, 9.17) is 27.9 Å². The maximum absolute atomic E-state index is 12.9. The third kappa shape index (κ3) is 3.63. The highest BCUT2D eigenvalue weighted by atomic mass is 16.7. The Labute approximate surface area is 187 Å². The van der Waals surface area contributed by atoms with Crippen molar-refractivity contribution in [2.75, 3.05) is 21.3 Å². The number of methoxy groups -OCH3 is 3. The molecule has 0 amide bonds. The minimum absolute atomic E-state index is 0.214. The molecule has 0 saturated carbocycles. The number of hydrogen-bond donors (Lipinski definition) is 0. The van der Waals surface area contributed by atoms with Crippen molar-refractivity contribution < 1.29 is 27.9 Å². The average molecular weight is 438 g/mol. The van der Waals surface area contributed by atoms with Crippen molar-refractivity contribution in [2.45, 2.75) is 38.9 Å². The SMILES string of the molecule is COc1cc(OC)c2c(=O)cc(-c3ccc(OC)c(B4OC(C)(C)C(C)(C)O4)c3)oc2c1. The third-order valence-electron chi connectivity index (χ3n) is 6.25. The summed E-state index contributed by atoms with van der Waals surface area (Å²) in [5, 5.41) is 0.358. The fourth-order valence-corrected chi connectivity index (χ4v) is 3.69. The van der Waals surface area contributed by atoms with Crippen LogP contribution in [0.3, 0.4) is 0 Å². The van der Waals surface area contributed by atoms with Crippen molar-refractivity contribution in [3.8, 4) is 28.6 Å². The minimum atomic E-state index is -0.623. The molecule has 0 unspecified atom stereocenters. The van der Waals surface area contributed by atoms with Gasteiger partial charge >= 0.3 is 7.12 Å². The van der Waals surface area contributed by atoms with Gasteiger partial charge in [0.15, 0.2) is 5.43 Å². The predicted molar refractivity (Wildman–Crippen MR) is 123 cm³/mol. The second-order valence-corrected chi connectivity index (χ2v) is 8.72. The molecule has 3 aromatic rings. The first-order valence-corrected chi connectivity index (χ1v) is 10.3. The Balaban J connectivity index is 1.84. The molecule has 1 aliphatic heterocycles. The summed E-state index contributed by atoms with van der Waals surface area (Å²) in [5.74, 6) is 1.95. The molecule has 2 aromatic carbocycles. The standard InChI is InChI=1S/C24H27BO7/c1-23(2)24(3,4)32-25(31-23)16-10-14(8-9-18(16)28-6)19-13-17(26)22-20(29-7)11-15(27-5)12-21(22)30-19/h8-13H,1-7H3. The quantitative estimate of drug-likeness (QED) is 0.561. The topological polar surface area (TPSA) is 76.4 Å². The van der Waals surface area contributed by atoms with Crippen LogP contribution < -0.4 is 25.1 Å². The minimum Gasteiger partial charge on any atom is -0.497 e. The molecule has 1 fully saturated rings. The van der Waals surface area contributed by atoms with Gasteiger partial charge in [0.1, 0.15) is 34.0 Å². The smallest absolute Gasteiger partial charge is 0.497 e. The number of rotatable bonds is 5. The number of fused-ring (bicyclic) bond motifs is 1. The van der Waals surface area contributed by atoms with Gasteiger partial charge < -0.3 is 27.9 Å². The van der Waals surface area contributed by atoms with Gasteiger partial charge in [-0.2, -0.15) is 0 Å². The van der Waals surface area contributed by atoms with Gasteiger partial charge in [0.2, 0.25) is 0 Å². The van der Waals surface area contributed by atoms with Crippen LogP contribution >= 0.6 is 0 Å². The van der Waals surface area contributed by atoms with E-state index in [2.05, 4.69) is 0 Å². The van der Waals surface area contributed by atoms with Gasteiger partial charge in [0, 0.05) is 29.2 Å². The molecule has 32 heavy (non-hydrogen) atoms. The Morgan fingerprint density at radius 3 is 2.06 bits per heavy atom. The van der Waals surface area contributed by atoms with Crippen LogP contribution in [0.1, 0.15) is 27.7 Å². The van der Waals surface area contributed by atoms with Gasteiger partial charge in [0.05, 0.1) is 32.5 Å². The van der Waals surface area contributed by atoms with E-state index in [9.17, 15) is 4.79 Å². The molecule has 0 radical (unpaired) electrons. The van der Waals surface area contributed by atoms with E-state index in [1.165, 1.54) is 13.2 Å². The van der Waals surface area contributed by atoms with Crippen molar-refractivity contribution in [3.63, 3.8) is 0 Å². The van der Waals surface area contributed by atoms with Gasteiger partial charge in [-0.05, 0) is 45.9 Å². The first-order valence-electron chi connectivity index (χ1n) is 10.3. The van der Waals surface area contributed by atoms with E-state index in [-0.39, 0.29) is 5.43 Å². The van der Waals surface area contributed by atoms with Crippen molar-refractivity contribution in [1.82, 2.24) is 0 Å². The van der Waals surface area contributed by atoms with Crippen LogP contribution in [-0.4, -0.2) is 39.6 Å². The molecule has 0 N–H and O–H groups in total. The fraction of sp³-hybridized carbons (Fsp3) is 0.375. The second-order valence-electron chi connectivity index (χ2n) is 8.72. The van der Waals surface area contributed by atoms with E-state index >= 15 is 0 Å². The van der Waals surface area contributed by atoms with Crippen molar-refractivity contribution in [1.29, 1.82) is 0 Å². The highest BCUT2D eigenvalue weighted by Crippen LogP contribution is 2.38. The van der Waals surface area contributed by atoms with E-state index in [1.54, 1.807) is 26.4 Å². The molecule has 8 heteroatoms. The van der Waals surface area contributed by atoms with E-state index < -0.39 is 18.3 Å². The first kappa shape index (κ1) is 22.2. The molecule has 168 valence electrons. The maximum Gasteiger partial charge on any atom is 0.498 e. The Bertz CT molecular complexity index is 1210. The summed E-state index contributed by atoms with van der Waals surface area (Å²) >= 11 is 0. The number of ether oxygens (including phenoxy) is 3. The van der Waals surface area contributed by atoms with Crippen molar-refractivity contribution >= 4 is 23.6 Å². The van der Waals surface area contributed by atoms with E-state index in [1.807, 2.05) is 45.9 Å². The Morgan fingerprint density at radius 1 is 0.812 bits per heavy atom. The van der Waals surface area contributed by atoms with Crippen LogP contribution in [0.4, 0.5) is 0 Å². The second kappa shape index (κ2) is 7.87. The summed E-state index contributed by atoms with van der Waals surface area (Å²) in [7, 11) is 4.02. The molecule has 7 nitrogen and oxygen atoms in total. The summed E-state index contributed by atoms with van der Waals surface area (Å²) in [6.45, 7) is 7.97. The molecule has 1 aromatic heterocycles. The summed E-state index contributed by atoms with van der Waals surface area (Å²) in [6.07, 6.45) is 0. The average Bonchev–Trinajstić information content (AvgIpc) is 2.98. The van der Waals surface area contributed by atoms with Gasteiger partial charge in [-0.25, -0.2) is 0 Å². The fourth-order valence-electron chi connectivity index (χ4n) is 3.69. The first-order chi connectivity index (χ1) is 15.1. The molecule has 0 bridgehead atoms. The lowest BCUT2D eigenvalue weighted by Gasteiger charge is -2.32. The molecule has 1 aliphatic rings. The highest BCUT2D eigenvalue weighted by Gasteiger charge is 2.52. The molecular weight excluding hydrogens is 411 g/mol. The van der Waals surface area contributed by atoms with Crippen LogP contribution in [0.5, 0.6) is 17.2 Å². The van der Waals surface area contributed by atoms with E-state index in [0.717, 1.165) is 5.46 Å². The van der Waals surface area contributed by atoms with Crippen LogP contribution in [0, 0.1) is 0 Å². The largest absolute Gasteiger partial charge is 0.498 e. The number of benzene rings is 2. The molecule has 4 rings (SSSR count). The maximum atomic E-state index is 12.9. The number of hydrogen-bond acceptors (Lipinski definition) is 7. The zero-order chi connectivity index (χ0) is 23.3. The zero-order valence-electron chi connectivity index (χ0n) is 19.4. The monoisotopic (exact) mass is 438 g/mol. The molecular formula is C24H27BO7. The summed E-state index contributed by atoms with van der Waals surface area (Å²) in [5.41, 5.74) is 0.569. The van der Waals surface area contributed by atoms with Gasteiger partial charge in [-0.1, -0.05) is 0 Å². The lowest BCUT2D eigenvalue weighted by Crippen LogP contribution is -2.41. The van der Waals surface area contributed by atoms with Crippen LogP contribution in [0.2, 0.25) is 0 Å². The zero-order valence-corrected chi connectivity index (χ0v) is 19.4. The summed E-state index contributed by atoms with van der Waals surface area (Å²) in [6, 6.07) is 10.3. The van der Waals surface area contributed by atoms with Gasteiger partial charge in [0.25, 0.3) is 0 Å². The molecule has 0 atom stereocenters. The third-order valence-corrected chi connectivity index (χ3v) is 6.25. The molecule has 0 aliphatic carbocycles. The van der Waals surface area contributed by atoms with Crippen molar-refractivity contribution in [3.05, 3.63) is 46.6 Å². The molecule has 1 saturated heterocycles. The Hall–Kier alpha value is -2.97. The van der Waals surface area contributed by atoms with Gasteiger partial charge in [-0.15, -0.1) is 0 Å². The Kier molecular flexibility index (Phi) is 5.47. The normalized spacial score (nSPS) is 16.9. The van der Waals surface area contributed by atoms with Gasteiger partial charge in [-0.3, -0.25) is 4.79 Å². The predicted octanol–water partition coefficient (Wildman–Crippen LogP) is 3.79. The van der Waals surface area contributed by atoms with Crippen LogP contribution in [0.15, 0.2) is 45.6 Å². The highest BCUT2D eigenvalue weighted by molar-refractivity contribution is 6.63. The Morgan fingerprint density at radius 2 is 1.47 bits per heavy atom. The lowest BCUT2D eigenvalue weighted by molar-refractivity contribution is 0.00578. The molecule has 0 spiro atoms. The van der Waals surface area contributed by atoms with Crippen LogP contribution in [-0.2, 0) is 9.31 Å². The lowest BCUT2D eigenvalue weighted by atomic mass is 9.77. The molecule has 2 heterocycles. The summed E-state index contributed by atoms with van der Waals surface area (Å²) < 4.78 is 34.8. The van der Waals surface area contributed by atoms with Crippen molar-refractivity contribution in [2.24, 2.45) is 0 Å². The summed E-state index contributed by atoms with van der Waals surface area (Å²) in [4.78, 5) is 12.9. The van der Waals surface area contributed by atoms with Crippen LogP contribution in [0.25, 0.3) is 22.3 Å². The van der Waals surface area contributed by atoms with E-state index in [0.29, 0.717) is 39.5 Å².